The lowest BCUT2D eigenvalue weighted by Gasteiger charge is -2.18. The monoisotopic (exact) mass is 480 g/mol. The first-order valence-electron chi connectivity index (χ1n) is 11.5. The van der Waals surface area contributed by atoms with Crippen molar-refractivity contribution in [2.24, 2.45) is 0 Å². The fourth-order valence-corrected chi connectivity index (χ4v) is 3.18. The van der Waals surface area contributed by atoms with Gasteiger partial charge in [-0.15, -0.1) is 0 Å². The predicted octanol–water partition coefficient (Wildman–Crippen LogP) is 5.17. The third kappa shape index (κ3) is 8.96. The maximum Gasteiger partial charge on any atom is 0.333 e. The van der Waals surface area contributed by atoms with Gasteiger partial charge < -0.3 is 28.4 Å². The standard InChI is InChI=1S/C28H32O7/c1-21(2)28(29)33-19-17-31-15-14-30-16-18-32-25-12-13-26-23(20-25)8-7-11-27(26)35-22(3)34-24-9-5-4-6-10-24/h4-13,20,22H,1,14-19H2,2-3H3. The van der Waals surface area contributed by atoms with Gasteiger partial charge in [-0.25, -0.2) is 4.79 Å². The van der Waals surface area contributed by atoms with E-state index in [0.717, 1.165) is 28.0 Å². The molecule has 3 rings (SSSR count). The molecule has 0 aromatic heterocycles. The number of benzene rings is 3. The van der Waals surface area contributed by atoms with Crippen molar-refractivity contribution in [3.63, 3.8) is 0 Å². The second kappa shape index (κ2) is 14.0. The molecule has 0 spiro atoms. The highest BCUT2D eigenvalue weighted by molar-refractivity contribution is 5.89. The second-order valence-corrected chi connectivity index (χ2v) is 7.74. The fourth-order valence-electron chi connectivity index (χ4n) is 3.18. The molecule has 0 fully saturated rings. The minimum Gasteiger partial charge on any atom is -0.491 e. The summed E-state index contributed by atoms with van der Waals surface area (Å²) >= 11 is 0. The average molecular weight is 481 g/mol. The van der Waals surface area contributed by atoms with E-state index in [4.69, 9.17) is 28.4 Å². The number of para-hydroxylation sites is 1. The first-order valence-corrected chi connectivity index (χ1v) is 11.5. The van der Waals surface area contributed by atoms with Crippen LogP contribution in [0, 0.1) is 0 Å². The first-order chi connectivity index (χ1) is 17.0. The molecule has 0 aliphatic carbocycles. The van der Waals surface area contributed by atoms with Crippen LogP contribution in [0.1, 0.15) is 13.8 Å². The summed E-state index contributed by atoms with van der Waals surface area (Å²) in [7, 11) is 0. The van der Waals surface area contributed by atoms with E-state index in [0.29, 0.717) is 38.6 Å². The van der Waals surface area contributed by atoms with E-state index in [1.165, 1.54) is 0 Å². The topological polar surface area (TPSA) is 72.5 Å². The highest BCUT2D eigenvalue weighted by Crippen LogP contribution is 2.29. The van der Waals surface area contributed by atoms with Crippen LogP contribution in [-0.4, -0.2) is 51.9 Å². The molecule has 0 heterocycles. The van der Waals surface area contributed by atoms with Gasteiger partial charge in [0.1, 0.15) is 30.5 Å². The largest absolute Gasteiger partial charge is 0.491 e. The lowest BCUT2D eigenvalue weighted by atomic mass is 10.1. The van der Waals surface area contributed by atoms with Gasteiger partial charge in [0, 0.05) is 17.9 Å². The van der Waals surface area contributed by atoms with Crippen molar-refractivity contribution in [1.82, 2.24) is 0 Å². The van der Waals surface area contributed by atoms with Crippen molar-refractivity contribution in [2.45, 2.75) is 20.1 Å². The van der Waals surface area contributed by atoms with Gasteiger partial charge in [-0.05, 0) is 48.7 Å². The van der Waals surface area contributed by atoms with E-state index in [-0.39, 0.29) is 6.61 Å². The Morgan fingerprint density at radius 1 is 0.800 bits per heavy atom. The summed E-state index contributed by atoms with van der Waals surface area (Å²) in [5, 5.41) is 1.99. The van der Waals surface area contributed by atoms with Crippen LogP contribution >= 0.6 is 0 Å². The average Bonchev–Trinajstić information content (AvgIpc) is 2.85. The molecule has 0 saturated carbocycles. The molecule has 7 heteroatoms. The highest BCUT2D eigenvalue weighted by atomic mass is 16.7. The SMILES string of the molecule is C=C(C)C(=O)OCCOCCOCCOc1ccc2c(OC(C)Oc3ccccc3)cccc2c1. The highest BCUT2D eigenvalue weighted by Gasteiger charge is 2.09. The molecule has 0 radical (unpaired) electrons. The van der Waals surface area contributed by atoms with Gasteiger partial charge in [0.2, 0.25) is 6.29 Å². The molecule has 35 heavy (non-hydrogen) atoms. The fraction of sp³-hybridized carbons (Fsp3) is 0.321. The van der Waals surface area contributed by atoms with Crippen LogP contribution in [-0.2, 0) is 19.0 Å². The maximum absolute atomic E-state index is 11.2. The Labute approximate surface area is 206 Å². The molecule has 0 amide bonds. The number of esters is 1. The van der Waals surface area contributed by atoms with Crippen molar-refractivity contribution in [1.29, 1.82) is 0 Å². The zero-order valence-corrected chi connectivity index (χ0v) is 20.2. The number of carbonyl (C=O) groups excluding carboxylic acids is 1. The molecule has 0 aliphatic rings. The van der Waals surface area contributed by atoms with Crippen LogP contribution in [0.4, 0.5) is 0 Å². The molecule has 7 nitrogen and oxygen atoms in total. The van der Waals surface area contributed by atoms with Crippen LogP contribution in [0.2, 0.25) is 0 Å². The van der Waals surface area contributed by atoms with Gasteiger partial charge in [-0.2, -0.15) is 0 Å². The maximum atomic E-state index is 11.2. The van der Waals surface area contributed by atoms with Crippen LogP contribution in [0.15, 0.2) is 78.9 Å². The van der Waals surface area contributed by atoms with Gasteiger partial charge >= 0.3 is 5.97 Å². The third-order valence-electron chi connectivity index (χ3n) is 4.83. The number of hydrogen-bond donors (Lipinski definition) is 0. The molecule has 3 aromatic carbocycles. The summed E-state index contributed by atoms with van der Waals surface area (Å²) < 4.78 is 33.5. The normalized spacial score (nSPS) is 11.6. The molecule has 0 aliphatic heterocycles. The Morgan fingerprint density at radius 2 is 1.51 bits per heavy atom. The first kappa shape index (κ1) is 26.1. The summed E-state index contributed by atoms with van der Waals surface area (Å²) in [5.74, 6) is 1.84. The lowest BCUT2D eigenvalue weighted by Crippen LogP contribution is -2.19. The second-order valence-electron chi connectivity index (χ2n) is 7.74. The van der Waals surface area contributed by atoms with Gasteiger partial charge in [-0.3, -0.25) is 0 Å². The van der Waals surface area contributed by atoms with Crippen molar-refractivity contribution >= 4 is 16.7 Å². The number of hydrogen-bond acceptors (Lipinski definition) is 7. The number of rotatable bonds is 15. The molecule has 0 N–H and O–H groups in total. The Hall–Kier alpha value is -3.55. The smallest absolute Gasteiger partial charge is 0.333 e. The molecular formula is C28H32O7. The third-order valence-corrected chi connectivity index (χ3v) is 4.83. The molecule has 0 bridgehead atoms. The van der Waals surface area contributed by atoms with Crippen LogP contribution in [0.5, 0.6) is 17.2 Å². The Kier molecular flexibility index (Phi) is 10.4. The number of fused-ring (bicyclic) bond motifs is 1. The van der Waals surface area contributed by atoms with E-state index in [2.05, 4.69) is 6.58 Å². The van der Waals surface area contributed by atoms with Gasteiger partial charge in [-0.1, -0.05) is 36.9 Å². The number of carbonyl (C=O) groups is 1. The van der Waals surface area contributed by atoms with E-state index < -0.39 is 12.3 Å². The minimum atomic E-state index is -0.439. The van der Waals surface area contributed by atoms with E-state index in [1.807, 2.05) is 73.7 Å². The van der Waals surface area contributed by atoms with Crippen molar-refractivity contribution in [3.05, 3.63) is 78.9 Å². The summed E-state index contributed by atoms with van der Waals surface area (Å²) in [6.07, 6.45) is -0.439. The van der Waals surface area contributed by atoms with Crippen molar-refractivity contribution < 1.29 is 33.2 Å². The van der Waals surface area contributed by atoms with E-state index in [9.17, 15) is 4.79 Å². The van der Waals surface area contributed by atoms with Gasteiger partial charge in [0.15, 0.2) is 0 Å². The Balaban J connectivity index is 1.36. The van der Waals surface area contributed by atoms with E-state index >= 15 is 0 Å². The Bertz CT molecular complexity index is 1080. The van der Waals surface area contributed by atoms with Crippen LogP contribution in [0.3, 0.4) is 0 Å². The number of ether oxygens (including phenoxy) is 6. The van der Waals surface area contributed by atoms with Crippen LogP contribution in [0.25, 0.3) is 10.8 Å². The summed E-state index contributed by atoms with van der Waals surface area (Å²) in [6, 6.07) is 21.3. The molecule has 1 atom stereocenters. The van der Waals surface area contributed by atoms with Gasteiger partial charge in [0.25, 0.3) is 0 Å². The Morgan fingerprint density at radius 3 is 2.26 bits per heavy atom. The van der Waals surface area contributed by atoms with E-state index in [1.54, 1.807) is 6.92 Å². The quantitative estimate of drug-likeness (QED) is 0.129. The van der Waals surface area contributed by atoms with Crippen molar-refractivity contribution in [3.8, 4) is 17.2 Å². The molecule has 1 unspecified atom stereocenters. The van der Waals surface area contributed by atoms with Crippen molar-refractivity contribution in [2.75, 3.05) is 39.6 Å². The zero-order valence-electron chi connectivity index (χ0n) is 20.2. The lowest BCUT2D eigenvalue weighted by molar-refractivity contribution is -0.140. The molecule has 3 aromatic rings. The summed E-state index contributed by atoms with van der Waals surface area (Å²) in [5.41, 5.74) is 0.372. The predicted molar refractivity (Wildman–Crippen MR) is 134 cm³/mol. The zero-order chi connectivity index (χ0) is 24.9. The van der Waals surface area contributed by atoms with Gasteiger partial charge in [0.05, 0.1) is 26.4 Å². The minimum absolute atomic E-state index is 0.197. The molecule has 186 valence electrons. The summed E-state index contributed by atoms with van der Waals surface area (Å²) in [4.78, 5) is 11.2. The molecular weight excluding hydrogens is 448 g/mol. The summed E-state index contributed by atoms with van der Waals surface area (Å²) in [6.45, 7) is 9.20. The van der Waals surface area contributed by atoms with Crippen LogP contribution < -0.4 is 14.2 Å². The molecule has 0 saturated heterocycles.